The molecule has 28 heavy (non-hydrogen) atoms. The van der Waals surface area contributed by atoms with Gasteiger partial charge in [0.15, 0.2) is 0 Å². The lowest BCUT2D eigenvalue weighted by Crippen LogP contribution is -2.46. The van der Waals surface area contributed by atoms with Gasteiger partial charge in [-0.05, 0) is 25.3 Å². The van der Waals surface area contributed by atoms with Crippen LogP contribution in [-0.4, -0.2) is 35.3 Å². The molecule has 0 radical (unpaired) electrons. The highest BCUT2D eigenvalue weighted by Crippen LogP contribution is 2.34. The van der Waals surface area contributed by atoms with Crippen LogP contribution in [-0.2, 0) is 15.1 Å². The van der Waals surface area contributed by atoms with Gasteiger partial charge >= 0.3 is 6.03 Å². The molecular weight excluding hydrogens is 354 g/mol. The van der Waals surface area contributed by atoms with Gasteiger partial charge in [-0.3, -0.25) is 14.5 Å². The first kappa shape index (κ1) is 21.9. The second-order valence-electron chi connectivity index (χ2n) is 7.66. The minimum atomic E-state index is -1.08. The maximum atomic E-state index is 13.2. The van der Waals surface area contributed by atoms with E-state index >= 15 is 0 Å². The lowest BCUT2D eigenvalue weighted by molar-refractivity contribution is -0.135. The molecule has 1 heterocycles. The van der Waals surface area contributed by atoms with Crippen molar-refractivity contribution in [3.8, 4) is 0 Å². The summed E-state index contributed by atoms with van der Waals surface area (Å²) in [6.45, 7) is 5.89. The van der Waals surface area contributed by atoms with Crippen molar-refractivity contribution in [1.29, 1.82) is 0 Å². The number of carbonyl (C=O) groups is 3. The molecule has 2 rings (SSSR count). The van der Waals surface area contributed by atoms with Crippen molar-refractivity contribution >= 4 is 17.8 Å². The van der Waals surface area contributed by atoms with Gasteiger partial charge < -0.3 is 10.6 Å². The number of unbranched alkanes of at least 4 members (excludes halogenated alkanes) is 3. The molecule has 0 bridgehead atoms. The van der Waals surface area contributed by atoms with Crippen molar-refractivity contribution in [2.45, 2.75) is 77.3 Å². The average Bonchev–Trinajstić information content (AvgIpc) is 2.92. The van der Waals surface area contributed by atoms with E-state index in [0.717, 1.165) is 49.0 Å². The molecule has 1 saturated heterocycles. The molecule has 2 atom stereocenters. The van der Waals surface area contributed by atoms with Crippen LogP contribution in [0.25, 0.3) is 0 Å². The SMILES string of the molecule is CCCCCC(C)NC(=O)CN1C(=O)NC(CCCC)(c2ccccc2)C1=O. The van der Waals surface area contributed by atoms with Crippen molar-refractivity contribution < 1.29 is 14.4 Å². The zero-order chi connectivity index (χ0) is 20.6. The van der Waals surface area contributed by atoms with E-state index in [0.29, 0.717) is 6.42 Å². The Bertz CT molecular complexity index is 677. The molecule has 4 amide bonds. The van der Waals surface area contributed by atoms with Crippen LogP contribution in [0.4, 0.5) is 4.79 Å². The molecule has 0 aliphatic carbocycles. The van der Waals surface area contributed by atoms with Gasteiger partial charge in [-0.2, -0.15) is 0 Å². The Morgan fingerprint density at radius 2 is 1.79 bits per heavy atom. The summed E-state index contributed by atoms with van der Waals surface area (Å²) in [4.78, 5) is 39.3. The van der Waals surface area contributed by atoms with E-state index in [1.807, 2.05) is 44.2 Å². The van der Waals surface area contributed by atoms with Gasteiger partial charge in [0, 0.05) is 6.04 Å². The number of carbonyl (C=O) groups excluding carboxylic acids is 3. The minimum absolute atomic E-state index is 0.0267. The second-order valence-corrected chi connectivity index (χ2v) is 7.66. The molecule has 6 nitrogen and oxygen atoms in total. The maximum Gasteiger partial charge on any atom is 0.325 e. The summed E-state index contributed by atoms with van der Waals surface area (Å²) < 4.78 is 0. The molecule has 6 heteroatoms. The number of rotatable bonds is 11. The van der Waals surface area contributed by atoms with E-state index in [2.05, 4.69) is 17.6 Å². The zero-order valence-corrected chi connectivity index (χ0v) is 17.3. The van der Waals surface area contributed by atoms with E-state index in [1.165, 1.54) is 0 Å². The van der Waals surface area contributed by atoms with E-state index in [1.54, 1.807) is 0 Å². The van der Waals surface area contributed by atoms with Crippen LogP contribution in [0.5, 0.6) is 0 Å². The lowest BCUT2D eigenvalue weighted by atomic mass is 9.85. The monoisotopic (exact) mass is 387 g/mol. The topological polar surface area (TPSA) is 78.5 Å². The molecule has 154 valence electrons. The van der Waals surface area contributed by atoms with Gasteiger partial charge in [0.1, 0.15) is 12.1 Å². The molecule has 2 N–H and O–H groups in total. The summed E-state index contributed by atoms with van der Waals surface area (Å²) in [5.74, 6) is -0.641. The average molecular weight is 388 g/mol. The van der Waals surface area contributed by atoms with Gasteiger partial charge in [0.2, 0.25) is 5.91 Å². The van der Waals surface area contributed by atoms with Gasteiger partial charge in [0.25, 0.3) is 5.91 Å². The molecular formula is C22H33N3O3. The van der Waals surface area contributed by atoms with Crippen molar-refractivity contribution in [2.75, 3.05) is 6.54 Å². The fourth-order valence-electron chi connectivity index (χ4n) is 3.68. The van der Waals surface area contributed by atoms with Crippen LogP contribution in [0.3, 0.4) is 0 Å². The number of nitrogens with one attached hydrogen (secondary N) is 2. The van der Waals surface area contributed by atoms with Crippen LogP contribution in [0.15, 0.2) is 30.3 Å². The number of hydrogen-bond donors (Lipinski definition) is 2. The van der Waals surface area contributed by atoms with Crippen molar-refractivity contribution in [3.05, 3.63) is 35.9 Å². The predicted molar refractivity (Wildman–Crippen MR) is 110 cm³/mol. The summed E-state index contributed by atoms with van der Waals surface area (Å²) in [5.41, 5.74) is -0.320. The summed E-state index contributed by atoms with van der Waals surface area (Å²) in [6, 6.07) is 8.83. The Morgan fingerprint density at radius 3 is 2.43 bits per heavy atom. The smallest absolute Gasteiger partial charge is 0.325 e. The first-order chi connectivity index (χ1) is 13.4. The lowest BCUT2D eigenvalue weighted by Gasteiger charge is -2.27. The molecule has 2 unspecified atom stereocenters. The summed E-state index contributed by atoms with van der Waals surface area (Å²) in [6.07, 6.45) is 6.43. The van der Waals surface area contributed by atoms with Gasteiger partial charge in [0.05, 0.1) is 0 Å². The highest BCUT2D eigenvalue weighted by Gasteiger charge is 2.52. The number of nitrogens with zero attached hydrogens (tertiary/aromatic N) is 1. The van der Waals surface area contributed by atoms with Crippen molar-refractivity contribution in [2.24, 2.45) is 0 Å². The standard InChI is InChI=1S/C22H33N3O3/c1-4-6-9-12-17(3)23-19(26)16-25-20(27)22(15-7-5-2,24-21(25)28)18-13-10-8-11-14-18/h8,10-11,13-14,17H,4-7,9,12,15-16H2,1-3H3,(H,23,26)(H,24,28). The third kappa shape index (κ3) is 5.12. The Hall–Kier alpha value is -2.37. The highest BCUT2D eigenvalue weighted by atomic mass is 16.2. The molecule has 0 spiro atoms. The largest absolute Gasteiger partial charge is 0.352 e. The number of benzene rings is 1. The third-order valence-corrected chi connectivity index (χ3v) is 5.30. The summed E-state index contributed by atoms with van der Waals surface area (Å²) >= 11 is 0. The molecule has 0 saturated carbocycles. The minimum Gasteiger partial charge on any atom is -0.352 e. The first-order valence-corrected chi connectivity index (χ1v) is 10.4. The molecule has 1 fully saturated rings. The first-order valence-electron chi connectivity index (χ1n) is 10.4. The molecule has 1 aliphatic heterocycles. The van der Waals surface area contributed by atoms with Crippen molar-refractivity contribution in [1.82, 2.24) is 15.5 Å². The van der Waals surface area contributed by atoms with E-state index in [4.69, 9.17) is 0 Å². The Kier molecular flexibility index (Phi) is 8.03. The van der Waals surface area contributed by atoms with Gasteiger partial charge in [-0.15, -0.1) is 0 Å². The fraction of sp³-hybridized carbons (Fsp3) is 0.591. The van der Waals surface area contributed by atoms with Crippen LogP contribution < -0.4 is 10.6 Å². The quantitative estimate of drug-likeness (QED) is 0.449. The van der Waals surface area contributed by atoms with E-state index < -0.39 is 11.6 Å². The molecule has 1 aromatic rings. The molecule has 1 aliphatic rings. The van der Waals surface area contributed by atoms with Crippen LogP contribution in [0.2, 0.25) is 0 Å². The number of hydrogen-bond acceptors (Lipinski definition) is 3. The maximum absolute atomic E-state index is 13.2. The second kappa shape index (κ2) is 10.2. The summed E-state index contributed by atoms with van der Waals surface area (Å²) in [7, 11) is 0. The summed E-state index contributed by atoms with van der Waals surface area (Å²) in [5, 5.41) is 5.78. The van der Waals surface area contributed by atoms with Crippen LogP contribution in [0, 0.1) is 0 Å². The zero-order valence-electron chi connectivity index (χ0n) is 17.3. The third-order valence-electron chi connectivity index (χ3n) is 5.30. The number of amides is 4. The van der Waals surface area contributed by atoms with E-state index in [-0.39, 0.29) is 24.4 Å². The van der Waals surface area contributed by atoms with E-state index in [9.17, 15) is 14.4 Å². The number of imide groups is 1. The highest BCUT2D eigenvalue weighted by molar-refractivity contribution is 6.09. The Balaban J connectivity index is 2.09. The molecule has 0 aromatic heterocycles. The molecule has 1 aromatic carbocycles. The Labute approximate surface area is 168 Å². The van der Waals surface area contributed by atoms with Crippen LogP contribution in [0.1, 0.15) is 71.3 Å². The van der Waals surface area contributed by atoms with Crippen molar-refractivity contribution in [3.63, 3.8) is 0 Å². The fourth-order valence-corrected chi connectivity index (χ4v) is 3.68. The number of urea groups is 1. The Morgan fingerprint density at radius 1 is 1.11 bits per heavy atom. The normalized spacial score (nSPS) is 20.2. The van der Waals surface area contributed by atoms with Crippen LogP contribution >= 0.6 is 0 Å². The van der Waals surface area contributed by atoms with Gasteiger partial charge in [-0.25, -0.2) is 4.79 Å². The predicted octanol–water partition coefficient (Wildman–Crippen LogP) is 3.71. The van der Waals surface area contributed by atoms with Gasteiger partial charge in [-0.1, -0.05) is 76.3 Å².